The van der Waals surface area contributed by atoms with Crippen molar-refractivity contribution >= 4 is 5.69 Å². The third-order valence-corrected chi connectivity index (χ3v) is 2.47. The number of halogens is 1. The number of nitro groups is 1. The van der Waals surface area contributed by atoms with Crippen molar-refractivity contribution < 1.29 is 18.8 Å². The Morgan fingerprint density at radius 1 is 1.47 bits per heavy atom. The van der Waals surface area contributed by atoms with E-state index in [4.69, 9.17) is 9.47 Å². The van der Waals surface area contributed by atoms with Gasteiger partial charge in [-0.25, -0.2) is 4.39 Å². The molecule has 1 heterocycles. The molecule has 92 valence electrons. The Bertz CT molecular complexity index is 448. The number of nitrogens with zero attached hydrogens (tertiary/aromatic N) is 1. The molecule has 0 radical (unpaired) electrons. The van der Waals surface area contributed by atoms with Gasteiger partial charge >= 0.3 is 5.69 Å². The number of nitrogens with one attached hydrogen (secondary N) is 1. The highest BCUT2D eigenvalue weighted by atomic mass is 19.1. The van der Waals surface area contributed by atoms with Crippen LogP contribution < -0.4 is 14.8 Å². The SMILES string of the molecule is COc1cc(OC2CNC2)c([N+](=O)[O-])cc1F. The van der Waals surface area contributed by atoms with Gasteiger partial charge in [-0.2, -0.15) is 0 Å². The van der Waals surface area contributed by atoms with Crippen LogP contribution in [0.4, 0.5) is 10.1 Å². The van der Waals surface area contributed by atoms with Crippen LogP contribution >= 0.6 is 0 Å². The molecular weight excluding hydrogens is 231 g/mol. The average molecular weight is 242 g/mol. The number of nitro benzene ring substituents is 1. The fraction of sp³-hybridized carbons (Fsp3) is 0.400. The molecule has 0 aliphatic carbocycles. The minimum Gasteiger partial charge on any atom is -0.494 e. The molecule has 1 aromatic rings. The molecule has 0 aromatic heterocycles. The minimum absolute atomic E-state index is 0.0275. The van der Waals surface area contributed by atoms with Gasteiger partial charge in [0.05, 0.1) is 18.1 Å². The van der Waals surface area contributed by atoms with Crippen LogP contribution in [0, 0.1) is 15.9 Å². The van der Waals surface area contributed by atoms with Crippen molar-refractivity contribution in [2.75, 3.05) is 20.2 Å². The average Bonchev–Trinajstić information content (AvgIpc) is 2.24. The second kappa shape index (κ2) is 4.54. The zero-order valence-corrected chi connectivity index (χ0v) is 9.10. The predicted octanol–water partition coefficient (Wildman–Crippen LogP) is 1.09. The van der Waals surface area contributed by atoms with Crippen molar-refractivity contribution in [3.8, 4) is 11.5 Å². The summed E-state index contributed by atoms with van der Waals surface area (Å²) in [6, 6.07) is 2.01. The molecule has 0 amide bonds. The highest BCUT2D eigenvalue weighted by Crippen LogP contribution is 2.34. The third-order valence-electron chi connectivity index (χ3n) is 2.47. The van der Waals surface area contributed by atoms with Crippen molar-refractivity contribution in [3.63, 3.8) is 0 Å². The summed E-state index contributed by atoms with van der Waals surface area (Å²) < 4.78 is 23.5. The lowest BCUT2D eigenvalue weighted by molar-refractivity contribution is -0.386. The molecule has 2 rings (SSSR count). The quantitative estimate of drug-likeness (QED) is 0.632. The Hall–Kier alpha value is -1.89. The first-order chi connectivity index (χ1) is 8.11. The Morgan fingerprint density at radius 3 is 2.65 bits per heavy atom. The molecular formula is C10H11FN2O4. The maximum absolute atomic E-state index is 13.3. The Kier molecular flexibility index (Phi) is 3.10. The number of methoxy groups -OCH3 is 1. The van der Waals surface area contributed by atoms with Crippen LogP contribution in [0.1, 0.15) is 0 Å². The van der Waals surface area contributed by atoms with Gasteiger partial charge in [0.1, 0.15) is 6.10 Å². The zero-order chi connectivity index (χ0) is 12.4. The van der Waals surface area contributed by atoms with Gasteiger partial charge in [0, 0.05) is 19.2 Å². The lowest BCUT2D eigenvalue weighted by Gasteiger charge is -2.27. The van der Waals surface area contributed by atoms with E-state index in [-0.39, 0.29) is 17.6 Å². The minimum atomic E-state index is -0.779. The molecule has 1 aliphatic heterocycles. The largest absolute Gasteiger partial charge is 0.494 e. The van der Waals surface area contributed by atoms with Crippen molar-refractivity contribution in [1.29, 1.82) is 0 Å². The van der Waals surface area contributed by atoms with Gasteiger partial charge in [0.15, 0.2) is 11.6 Å². The molecule has 1 N–H and O–H groups in total. The molecule has 0 saturated carbocycles. The standard InChI is InChI=1S/C10H11FN2O4/c1-16-9-3-10(17-6-4-12-5-6)8(13(14)15)2-7(9)11/h2-3,6,12H,4-5H2,1H3. The van der Waals surface area contributed by atoms with E-state index in [2.05, 4.69) is 5.32 Å². The summed E-state index contributed by atoms with van der Waals surface area (Å²) in [6.45, 7) is 1.24. The second-order valence-electron chi connectivity index (χ2n) is 3.61. The molecule has 1 aromatic carbocycles. The Labute approximate surface area is 96.5 Å². The summed E-state index contributed by atoms with van der Waals surface area (Å²) in [5, 5.41) is 13.7. The van der Waals surface area contributed by atoms with Gasteiger partial charge in [0.25, 0.3) is 0 Å². The molecule has 0 unspecified atom stereocenters. The predicted molar refractivity (Wildman–Crippen MR) is 56.9 cm³/mol. The van der Waals surface area contributed by atoms with Crippen LogP contribution in [-0.2, 0) is 0 Å². The zero-order valence-electron chi connectivity index (χ0n) is 9.10. The molecule has 0 spiro atoms. The van der Waals surface area contributed by atoms with E-state index in [0.29, 0.717) is 13.1 Å². The molecule has 1 saturated heterocycles. The van der Waals surface area contributed by atoms with E-state index in [9.17, 15) is 14.5 Å². The molecule has 0 bridgehead atoms. The molecule has 17 heavy (non-hydrogen) atoms. The maximum Gasteiger partial charge on any atom is 0.314 e. The molecule has 6 nitrogen and oxygen atoms in total. The Morgan fingerprint density at radius 2 is 2.18 bits per heavy atom. The topological polar surface area (TPSA) is 73.6 Å². The highest BCUT2D eigenvalue weighted by Gasteiger charge is 2.25. The van der Waals surface area contributed by atoms with Crippen LogP contribution in [0.5, 0.6) is 11.5 Å². The fourth-order valence-electron chi connectivity index (χ4n) is 1.44. The summed E-state index contributed by atoms with van der Waals surface area (Å²) in [4.78, 5) is 10.1. The second-order valence-corrected chi connectivity index (χ2v) is 3.61. The van der Waals surface area contributed by atoms with Crippen molar-refractivity contribution in [3.05, 3.63) is 28.1 Å². The maximum atomic E-state index is 13.3. The van der Waals surface area contributed by atoms with Gasteiger partial charge < -0.3 is 14.8 Å². The number of ether oxygens (including phenoxy) is 2. The van der Waals surface area contributed by atoms with Gasteiger partial charge in [0.2, 0.25) is 5.75 Å². The number of hydrogen-bond acceptors (Lipinski definition) is 5. The first-order valence-corrected chi connectivity index (χ1v) is 5.01. The van der Waals surface area contributed by atoms with E-state index < -0.39 is 16.4 Å². The summed E-state index contributed by atoms with van der Waals surface area (Å²) >= 11 is 0. The monoisotopic (exact) mass is 242 g/mol. The molecule has 1 fully saturated rings. The van der Waals surface area contributed by atoms with E-state index in [1.165, 1.54) is 13.2 Å². The first kappa shape index (κ1) is 11.6. The molecule has 0 atom stereocenters. The van der Waals surface area contributed by atoms with E-state index in [0.717, 1.165) is 6.07 Å². The van der Waals surface area contributed by atoms with E-state index in [1.807, 2.05) is 0 Å². The van der Waals surface area contributed by atoms with Gasteiger partial charge in [-0.1, -0.05) is 0 Å². The van der Waals surface area contributed by atoms with Crippen LogP contribution in [0.3, 0.4) is 0 Å². The lowest BCUT2D eigenvalue weighted by atomic mass is 10.2. The molecule has 1 aliphatic rings. The summed E-state index contributed by atoms with van der Waals surface area (Å²) in [5.74, 6) is -0.823. The van der Waals surface area contributed by atoms with Crippen molar-refractivity contribution in [2.45, 2.75) is 6.10 Å². The number of benzene rings is 1. The van der Waals surface area contributed by atoms with Crippen LogP contribution in [0.25, 0.3) is 0 Å². The van der Waals surface area contributed by atoms with Crippen LogP contribution in [0.15, 0.2) is 12.1 Å². The van der Waals surface area contributed by atoms with Crippen LogP contribution in [-0.4, -0.2) is 31.2 Å². The van der Waals surface area contributed by atoms with Crippen molar-refractivity contribution in [1.82, 2.24) is 5.32 Å². The smallest absolute Gasteiger partial charge is 0.314 e. The normalized spacial score (nSPS) is 15.2. The van der Waals surface area contributed by atoms with Gasteiger partial charge in [-0.15, -0.1) is 0 Å². The summed E-state index contributed by atoms with van der Waals surface area (Å²) in [6.07, 6.45) is -0.121. The first-order valence-electron chi connectivity index (χ1n) is 5.01. The summed E-state index contributed by atoms with van der Waals surface area (Å²) in [7, 11) is 1.29. The van der Waals surface area contributed by atoms with Crippen LogP contribution in [0.2, 0.25) is 0 Å². The lowest BCUT2D eigenvalue weighted by Crippen LogP contribution is -2.50. The van der Waals surface area contributed by atoms with Gasteiger partial charge in [-0.05, 0) is 0 Å². The van der Waals surface area contributed by atoms with Crippen molar-refractivity contribution in [2.24, 2.45) is 0 Å². The number of hydrogen-bond donors (Lipinski definition) is 1. The third kappa shape index (κ3) is 2.28. The highest BCUT2D eigenvalue weighted by molar-refractivity contribution is 5.51. The Balaban J connectivity index is 2.34. The van der Waals surface area contributed by atoms with Gasteiger partial charge in [-0.3, -0.25) is 10.1 Å². The molecule has 7 heteroatoms. The number of rotatable bonds is 4. The van der Waals surface area contributed by atoms with E-state index in [1.54, 1.807) is 0 Å². The van der Waals surface area contributed by atoms with E-state index >= 15 is 0 Å². The fourth-order valence-corrected chi connectivity index (χ4v) is 1.44. The summed E-state index contributed by atoms with van der Waals surface area (Å²) in [5.41, 5.74) is -0.393.